The van der Waals surface area contributed by atoms with E-state index in [0.717, 1.165) is 25.7 Å². The highest BCUT2D eigenvalue weighted by atomic mass is 79.9. The standard InChI is InChI=1S/2C20H23N3O5.BBr3/c2*1-27-11-7-16-19(22-9-8-21-16)20(26)23-10-3-4-14(23)13-28-18-6-2-5-17(25)15(18)12-24;2-1(3)4/h2*2,5-6,8-9,12,14,25H,3-4,7,10-11,13H2,1H3;/t2*14-;/m00./s1. The molecule has 4 aromatic rings. The van der Waals surface area contributed by atoms with Gasteiger partial charge in [0.1, 0.15) is 47.6 Å². The van der Waals surface area contributed by atoms with Crippen LogP contribution >= 0.6 is 47.3 Å². The number of ether oxygens (including phenoxy) is 4. The summed E-state index contributed by atoms with van der Waals surface area (Å²) in [6.45, 7) is 2.57. The molecule has 2 atom stereocenters. The molecular formula is C40H46BBr3N6O10. The highest BCUT2D eigenvalue weighted by Gasteiger charge is 2.33. The number of carbonyl (C=O) groups is 4. The summed E-state index contributed by atoms with van der Waals surface area (Å²) in [6.07, 6.45) is 11.6. The quantitative estimate of drug-likeness (QED) is 0.0993. The van der Waals surface area contributed by atoms with Gasteiger partial charge in [-0.05, 0) is 49.9 Å². The van der Waals surface area contributed by atoms with Crippen molar-refractivity contribution in [2.45, 2.75) is 50.6 Å². The Balaban J connectivity index is 0.000000243. The number of phenolic OH excluding ortho intramolecular Hbond substituents is 2. The predicted octanol–water partition coefficient (Wildman–Crippen LogP) is 5.89. The van der Waals surface area contributed by atoms with Crippen molar-refractivity contribution >= 4 is 74.8 Å². The third-order valence-electron chi connectivity index (χ3n) is 9.50. The van der Waals surface area contributed by atoms with E-state index < -0.39 is 0 Å². The predicted molar refractivity (Wildman–Crippen MR) is 234 cm³/mol. The molecule has 0 aliphatic carbocycles. The molecule has 2 aliphatic rings. The van der Waals surface area contributed by atoms with Crippen molar-refractivity contribution in [3.63, 3.8) is 0 Å². The Bertz CT molecular complexity index is 1890. The van der Waals surface area contributed by atoms with Crippen LogP contribution in [0.2, 0.25) is 0 Å². The van der Waals surface area contributed by atoms with Gasteiger partial charge in [0.05, 0.1) is 47.8 Å². The normalized spacial score (nSPS) is 15.6. The van der Waals surface area contributed by atoms with E-state index in [9.17, 15) is 29.4 Å². The number of aldehydes is 2. The van der Waals surface area contributed by atoms with E-state index in [1.807, 2.05) is 0 Å². The molecule has 0 spiro atoms. The second-order valence-electron chi connectivity index (χ2n) is 13.3. The number of aromatic hydroxyl groups is 2. The first-order valence-corrected chi connectivity index (χ1v) is 21.7. The topological polar surface area (TPSA) is 204 Å². The van der Waals surface area contributed by atoms with E-state index in [0.29, 0.717) is 86.0 Å². The summed E-state index contributed by atoms with van der Waals surface area (Å²) in [5.74, 6) is -0.0267. The summed E-state index contributed by atoms with van der Waals surface area (Å²) in [6, 6.07) is 9.02. The van der Waals surface area contributed by atoms with Gasteiger partial charge in [0.2, 0.25) is 0 Å². The van der Waals surface area contributed by atoms with Crippen molar-refractivity contribution in [2.24, 2.45) is 0 Å². The number of hydrogen-bond donors (Lipinski definition) is 2. The molecule has 2 aromatic carbocycles. The van der Waals surface area contributed by atoms with Crippen LogP contribution < -0.4 is 9.47 Å². The lowest BCUT2D eigenvalue weighted by Gasteiger charge is -2.25. The van der Waals surface area contributed by atoms with Crippen LogP contribution in [0.5, 0.6) is 23.0 Å². The molecule has 4 heterocycles. The maximum absolute atomic E-state index is 13.1. The zero-order valence-corrected chi connectivity index (χ0v) is 37.9. The molecule has 0 unspecified atom stereocenters. The Hall–Kier alpha value is -4.50. The average Bonchev–Trinajstić information content (AvgIpc) is 3.93. The molecule has 2 amide bonds. The van der Waals surface area contributed by atoms with Crippen LogP contribution in [0, 0.1) is 0 Å². The first-order valence-electron chi connectivity index (χ1n) is 19.0. The minimum atomic E-state index is -0.183. The number of phenols is 2. The fourth-order valence-corrected chi connectivity index (χ4v) is 6.60. The van der Waals surface area contributed by atoms with Gasteiger partial charge in [0, 0.05) is 64.9 Å². The summed E-state index contributed by atoms with van der Waals surface area (Å²) in [5.41, 5.74) is 2.09. The number of hydrogen-bond acceptors (Lipinski definition) is 14. The van der Waals surface area contributed by atoms with Crippen molar-refractivity contribution in [2.75, 3.05) is 53.7 Å². The summed E-state index contributed by atoms with van der Waals surface area (Å²) in [5, 5.41) is 19.5. The maximum Gasteiger partial charge on any atom is 0.369 e. The summed E-state index contributed by atoms with van der Waals surface area (Å²) in [4.78, 5) is 69.0. The highest BCUT2D eigenvalue weighted by Crippen LogP contribution is 2.29. The Morgan fingerprint density at radius 2 is 1.08 bits per heavy atom. The lowest BCUT2D eigenvalue weighted by atomic mass is 10.2. The fraction of sp³-hybridized carbons (Fsp3) is 0.400. The number of carbonyl (C=O) groups excluding carboxylic acids is 4. The van der Waals surface area contributed by atoms with Crippen LogP contribution in [0.1, 0.15) is 78.8 Å². The van der Waals surface area contributed by atoms with Gasteiger partial charge in [-0.3, -0.25) is 29.1 Å². The van der Waals surface area contributed by atoms with E-state index in [2.05, 4.69) is 67.2 Å². The molecule has 0 bridgehead atoms. The van der Waals surface area contributed by atoms with Gasteiger partial charge in [-0.25, -0.2) is 9.97 Å². The number of methoxy groups -OCH3 is 2. The van der Waals surface area contributed by atoms with Gasteiger partial charge in [0.15, 0.2) is 12.6 Å². The van der Waals surface area contributed by atoms with E-state index in [1.165, 1.54) is 24.5 Å². The van der Waals surface area contributed by atoms with E-state index >= 15 is 0 Å². The van der Waals surface area contributed by atoms with Crippen molar-refractivity contribution in [1.82, 2.24) is 29.7 Å². The number of benzene rings is 2. The Labute approximate surface area is 373 Å². The Morgan fingerprint density at radius 1 is 0.700 bits per heavy atom. The van der Waals surface area contributed by atoms with Gasteiger partial charge < -0.3 is 39.0 Å². The van der Waals surface area contributed by atoms with Crippen molar-refractivity contribution in [3.05, 3.63) is 95.1 Å². The first-order chi connectivity index (χ1) is 29.0. The summed E-state index contributed by atoms with van der Waals surface area (Å²) >= 11 is 9.31. The molecule has 2 fully saturated rings. The Kier molecular flexibility index (Phi) is 20.3. The zero-order chi connectivity index (χ0) is 43.4. The van der Waals surface area contributed by atoms with Crippen LogP contribution in [-0.4, -0.2) is 133 Å². The number of nitrogens with zero attached hydrogens (tertiary/aromatic N) is 6. The minimum absolute atomic E-state index is 0.106. The number of likely N-dealkylation sites (tertiary alicyclic amines) is 2. The van der Waals surface area contributed by atoms with E-state index in [-0.39, 0.29) is 62.9 Å². The van der Waals surface area contributed by atoms with Crippen molar-refractivity contribution < 1.29 is 48.3 Å². The SMILES string of the molecule is BrB(Br)Br.COCCc1nccnc1C(=O)N1CCC[C@H]1COc1cccc(O)c1C=O.COCCc1nccnc1C(=O)N1CCC[C@H]1COc1cccc(O)c1C=O. The molecular weight excluding hydrogens is 975 g/mol. The van der Waals surface area contributed by atoms with Crippen LogP contribution in [0.4, 0.5) is 0 Å². The monoisotopic (exact) mass is 1020 g/mol. The minimum Gasteiger partial charge on any atom is -0.507 e. The third-order valence-corrected chi connectivity index (χ3v) is 9.50. The second kappa shape index (κ2) is 25.3. The van der Waals surface area contributed by atoms with E-state index in [4.69, 9.17) is 18.9 Å². The number of halogens is 3. The molecule has 60 heavy (non-hydrogen) atoms. The maximum atomic E-state index is 13.1. The van der Waals surface area contributed by atoms with Crippen LogP contribution in [0.15, 0.2) is 61.2 Å². The fourth-order valence-electron chi connectivity index (χ4n) is 6.60. The van der Waals surface area contributed by atoms with Gasteiger partial charge in [-0.2, -0.15) is 0 Å². The van der Waals surface area contributed by atoms with Crippen LogP contribution in [0.25, 0.3) is 0 Å². The van der Waals surface area contributed by atoms with E-state index in [1.54, 1.807) is 60.7 Å². The molecule has 20 heteroatoms. The largest absolute Gasteiger partial charge is 0.507 e. The molecule has 2 aliphatic heterocycles. The molecule has 2 saturated heterocycles. The lowest BCUT2D eigenvalue weighted by molar-refractivity contribution is 0.0675. The summed E-state index contributed by atoms with van der Waals surface area (Å²) < 4.78 is 22.0. The molecule has 2 N–H and O–H groups in total. The second-order valence-corrected chi connectivity index (χ2v) is 19.7. The summed E-state index contributed by atoms with van der Waals surface area (Å²) in [7, 11) is 3.20. The molecule has 0 saturated carbocycles. The zero-order valence-electron chi connectivity index (χ0n) is 33.1. The molecule has 0 radical (unpaired) electrons. The Morgan fingerprint density at radius 3 is 1.45 bits per heavy atom. The molecule has 6 rings (SSSR count). The van der Waals surface area contributed by atoms with Crippen molar-refractivity contribution in [3.8, 4) is 23.0 Å². The third kappa shape index (κ3) is 13.8. The number of rotatable bonds is 16. The van der Waals surface area contributed by atoms with Gasteiger partial charge in [0.25, 0.3) is 11.8 Å². The number of aromatic nitrogens is 4. The molecule has 2 aromatic heterocycles. The van der Waals surface area contributed by atoms with Gasteiger partial charge in [-0.15, -0.1) is 47.3 Å². The molecule has 320 valence electrons. The highest BCUT2D eigenvalue weighted by molar-refractivity contribution is 9.69. The first kappa shape index (κ1) is 48.2. The van der Waals surface area contributed by atoms with Crippen molar-refractivity contribution in [1.29, 1.82) is 0 Å². The average molecular weight is 1020 g/mol. The van der Waals surface area contributed by atoms with Crippen LogP contribution in [0.3, 0.4) is 0 Å². The van der Waals surface area contributed by atoms with Gasteiger partial charge >= 0.3 is 3.18 Å². The number of amides is 2. The lowest BCUT2D eigenvalue weighted by Crippen LogP contribution is -2.40. The van der Waals surface area contributed by atoms with Gasteiger partial charge in [-0.1, -0.05) is 12.1 Å². The van der Waals surface area contributed by atoms with Crippen LogP contribution in [-0.2, 0) is 22.3 Å². The molecule has 16 nitrogen and oxygen atoms in total. The smallest absolute Gasteiger partial charge is 0.369 e.